The largest absolute Gasteiger partial charge is 0.424 e. The van der Waals surface area contributed by atoms with Crippen molar-refractivity contribution in [1.82, 2.24) is 9.29 Å². The van der Waals surface area contributed by atoms with Crippen molar-refractivity contribution < 1.29 is 17.6 Å². The van der Waals surface area contributed by atoms with Crippen LogP contribution in [0.2, 0.25) is 0 Å². The standard InChI is InChI=1S/C14H21N3O4S/c1-10(2)9-17(6-7-20-3)22(18,19)11-4-5-12-13(8-11)21-14(15)16-12/h4-5,8,10H,6-7,9H2,1-3H3,(H2,15,16). The molecule has 0 amide bonds. The van der Waals surface area contributed by atoms with Gasteiger partial charge in [0.15, 0.2) is 5.58 Å². The molecule has 122 valence electrons. The van der Waals surface area contributed by atoms with Gasteiger partial charge in [0.2, 0.25) is 10.0 Å². The molecule has 0 bridgehead atoms. The highest BCUT2D eigenvalue weighted by molar-refractivity contribution is 7.89. The molecular formula is C14H21N3O4S. The summed E-state index contributed by atoms with van der Waals surface area (Å²) in [6.07, 6.45) is 0. The zero-order valence-corrected chi connectivity index (χ0v) is 13.8. The van der Waals surface area contributed by atoms with Crippen molar-refractivity contribution in [2.24, 2.45) is 5.92 Å². The molecule has 1 aromatic heterocycles. The molecule has 0 aliphatic heterocycles. The lowest BCUT2D eigenvalue weighted by Gasteiger charge is -2.23. The number of fused-ring (bicyclic) bond motifs is 1. The molecule has 0 fully saturated rings. The third-order valence-electron chi connectivity index (χ3n) is 3.13. The van der Waals surface area contributed by atoms with Crippen molar-refractivity contribution in [3.8, 4) is 0 Å². The Morgan fingerprint density at radius 2 is 2.14 bits per heavy atom. The predicted molar refractivity (Wildman–Crippen MR) is 83.9 cm³/mol. The fraction of sp³-hybridized carbons (Fsp3) is 0.500. The van der Waals surface area contributed by atoms with Gasteiger partial charge in [-0.3, -0.25) is 0 Å². The van der Waals surface area contributed by atoms with Gasteiger partial charge in [0.25, 0.3) is 6.01 Å². The Morgan fingerprint density at radius 1 is 1.41 bits per heavy atom. The van der Waals surface area contributed by atoms with Gasteiger partial charge in [-0.25, -0.2) is 8.42 Å². The average Bonchev–Trinajstić information content (AvgIpc) is 2.81. The van der Waals surface area contributed by atoms with Gasteiger partial charge in [0, 0.05) is 26.3 Å². The first-order valence-corrected chi connectivity index (χ1v) is 8.43. The average molecular weight is 327 g/mol. The first kappa shape index (κ1) is 16.7. The zero-order valence-electron chi connectivity index (χ0n) is 12.9. The number of nitrogens with two attached hydrogens (primary N) is 1. The van der Waals surface area contributed by atoms with Crippen LogP contribution in [0, 0.1) is 5.92 Å². The van der Waals surface area contributed by atoms with Crippen molar-refractivity contribution in [1.29, 1.82) is 0 Å². The summed E-state index contributed by atoms with van der Waals surface area (Å²) in [5.41, 5.74) is 6.37. The van der Waals surface area contributed by atoms with Gasteiger partial charge in [-0.05, 0) is 18.1 Å². The number of methoxy groups -OCH3 is 1. The predicted octanol–water partition coefficient (Wildman–Crippen LogP) is 1.70. The lowest BCUT2D eigenvalue weighted by molar-refractivity contribution is 0.175. The second-order valence-corrected chi connectivity index (χ2v) is 7.37. The molecule has 22 heavy (non-hydrogen) atoms. The van der Waals surface area contributed by atoms with E-state index in [0.717, 1.165) is 0 Å². The van der Waals surface area contributed by atoms with E-state index in [4.69, 9.17) is 14.9 Å². The van der Waals surface area contributed by atoms with Gasteiger partial charge in [-0.15, -0.1) is 0 Å². The molecule has 8 heteroatoms. The summed E-state index contributed by atoms with van der Waals surface area (Å²) in [6.45, 7) is 4.99. The number of ether oxygens (including phenoxy) is 1. The molecule has 0 saturated heterocycles. The molecule has 0 unspecified atom stereocenters. The number of benzene rings is 1. The topological polar surface area (TPSA) is 98.7 Å². The minimum Gasteiger partial charge on any atom is -0.424 e. The van der Waals surface area contributed by atoms with E-state index in [1.54, 1.807) is 13.2 Å². The van der Waals surface area contributed by atoms with Crippen LogP contribution in [0.3, 0.4) is 0 Å². The smallest absolute Gasteiger partial charge is 0.292 e. The maximum Gasteiger partial charge on any atom is 0.292 e. The molecule has 7 nitrogen and oxygen atoms in total. The summed E-state index contributed by atoms with van der Waals surface area (Å²) >= 11 is 0. The number of nitrogens with zero attached hydrogens (tertiary/aromatic N) is 2. The second kappa shape index (κ2) is 6.64. The van der Waals surface area contributed by atoms with E-state index in [9.17, 15) is 8.42 Å². The Kier molecular flexibility index (Phi) is 5.05. The summed E-state index contributed by atoms with van der Waals surface area (Å²) in [5.74, 6) is 0.205. The number of sulfonamides is 1. The van der Waals surface area contributed by atoms with Gasteiger partial charge in [-0.2, -0.15) is 9.29 Å². The number of oxazole rings is 1. The number of aromatic nitrogens is 1. The third-order valence-corrected chi connectivity index (χ3v) is 4.99. The Balaban J connectivity index is 2.38. The monoisotopic (exact) mass is 327 g/mol. The fourth-order valence-electron chi connectivity index (χ4n) is 2.14. The maximum atomic E-state index is 12.8. The third kappa shape index (κ3) is 3.57. The Hall–Kier alpha value is -1.64. The van der Waals surface area contributed by atoms with Crippen LogP contribution >= 0.6 is 0 Å². The van der Waals surface area contributed by atoms with Gasteiger partial charge in [0.1, 0.15) is 5.52 Å². The number of hydrogen-bond acceptors (Lipinski definition) is 6. The van der Waals surface area contributed by atoms with Crippen molar-refractivity contribution >= 4 is 27.1 Å². The first-order valence-electron chi connectivity index (χ1n) is 6.99. The molecule has 2 rings (SSSR count). The molecule has 1 aromatic carbocycles. The maximum absolute atomic E-state index is 12.8. The normalized spacial score (nSPS) is 12.6. The molecule has 0 saturated carbocycles. The van der Waals surface area contributed by atoms with Crippen LogP contribution in [-0.2, 0) is 14.8 Å². The first-order chi connectivity index (χ1) is 10.3. The van der Waals surface area contributed by atoms with Crippen molar-refractivity contribution in [3.63, 3.8) is 0 Å². The van der Waals surface area contributed by atoms with E-state index in [1.165, 1.54) is 16.4 Å². The number of hydrogen-bond donors (Lipinski definition) is 1. The minimum atomic E-state index is -3.63. The van der Waals surface area contributed by atoms with E-state index in [0.29, 0.717) is 30.8 Å². The van der Waals surface area contributed by atoms with E-state index in [-0.39, 0.29) is 16.8 Å². The molecule has 2 aromatic rings. The Labute approximate surface area is 130 Å². The highest BCUT2D eigenvalue weighted by atomic mass is 32.2. The van der Waals surface area contributed by atoms with Gasteiger partial charge < -0.3 is 14.9 Å². The highest BCUT2D eigenvalue weighted by Gasteiger charge is 2.25. The molecule has 0 aliphatic carbocycles. The van der Waals surface area contributed by atoms with Gasteiger partial charge >= 0.3 is 0 Å². The van der Waals surface area contributed by atoms with Crippen molar-refractivity contribution in [2.75, 3.05) is 32.5 Å². The lowest BCUT2D eigenvalue weighted by Crippen LogP contribution is -2.36. The van der Waals surface area contributed by atoms with Gasteiger partial charge in [0.05, 0.1) is 11.5 Å². The quantitative estimate of drug-likeness (QED) is 0.831. The molecule has 1 heterocycles. The minimum absolute atomic E-state index is 0.0166. The van der Waals surface area contributed by atoms with Crippen molar-refractivity contribution in [3.05, 3.63) is 18.2 Å². The SMILES string of the molecule is COCCN(CC(C)C)S(=O)(=O)c1ccc2nc(N)oc2c1. The van der Waals surface area contributed by atoms with Crippen LogP contribution in [0.1, 0.15) is 13.8 Å². The summed E-state index contributed by atoms with van der Waals surface area (Å²) in [4.78, 5) is 4.12. The van der Waals surface area contributed by atoms with Crippen LogP contribution < -0.4 is 5.73 Å². The summed E-state index contributed by atoms with van der Waals surface area (Å²) in [5, 5.41) is 0. The fourth-order valence-corrected chi connectivity index (χ4v) is 3.75. The van der Waals surface area contributed by atoms with Crippen molar-refractivity contribution in [2.45, 2.75) is 18.7 Å². The van der Waals surface area contributed by atoms with Crippen LogP contribution in [0.15, 0.2) is 27.5 Å². The van der Waals surface area contributed by atoms with Crippen LogP contribution in [0.5, 0.6) is 0 Å². The van der Waals surface area contributed by atoms with E-state index in [2.05, 4.69) is 4.98 Å². The number of rotatable bonds is 7. The van der Waals surface area contributed by atoms with Crippen LogP contribution in [0.4, 0.5) is 6.01 Å². The molecular weight excluding hydrogens is 306 g/mol. The van der Waals surface area contributed by atoms with Crippen LogP contribution in [-0.4, -0.2) is 44.5 Å². The van der Waals surface area contributed by atoms with Crippen LogP contribution in [0.25, 0.3) is 11.1 Å². The summed E-state index contributed by atoms with van der Waals surface area (Å²) < 4.78 is 37.2. The van der Waals surface area contributed by atoms with E-state index >= 15 is 0 Å². The van der Waals surface area contributed by atoms with E-state index < -0.39 is 10.0 Å². The summed E-state index contributed by atoms with van der Waals surface area (Å²) in [6, 6.07) is 4.57. The molecule has 0 spiro atoms. The number of anilines is 1. The Bertz CT molecular complexity index is 740. The second-order valence-electron chi connectivity index (χ2n) is 5.43. The van der Waals surface area contributed by atoms with E-state index in [1.807, 2.05) is 13.8 Å². The molecule has 0 radical (unpaired) electrons. The van der Waals surface area contributed by atoms with Gasteiger partial charge in [-0.1, -0.05) is 13.8 Å². The molecule has 0 atom stereocenters. The lowest BCUT2D eigenvalue weighted by atomic mass is 10.2. The zero-order chi connectivity index (χ0) is 16.3. The highest BCUT2D eigenvalue weighted by Crippen LogP contribution is 2.23. The Morgan fingerprint density at radius 3 is 2.77 bits per heavy atom. The number of nitrogen functional groups attached to an aromatic ring is 1. The molecule has 0 aliphatic rings. The summed E-state index contributed by atoms with van der Waals surface area (Å²) in [7, 11) is -2.08. The molecule has 2 N–H and O–H groups in total.